The molecule has 0 bridgehead atoms. The minimum Gasteiger partial charge on any atom is -0.234 e. The molecular weight excluding hydrogens is 208 g/mol. The van der Waals surface area contributed by atoms with E-state index in [1.165, 1.54) is 69.4 Å². The number of aromatic nitrogens is 2. The fraction of sp³-hybridized carbons (Fsp3) is 0.800. The Morgan fingerprint density at radius 3 is 2.18 bits per heavy atom. The van der Waals surface area contributed by atoms with Crippen LogP contribution in [0.5, 0.6) is 0 Å². The highest BCUT2D eigenvalue weighted by atomic mass is 15.2. The molecule has 2 heteroatoms. The van der Waals surface area contributed by atoms with Crippen LogP contribution in [0.15, 0.2) is 0 Å². The van der Waals surface area contributed by atoms with Gasteiger partial charge in [0.05, 0.1) is 13.6 Å². The summed E-state index contributed by atoms with van der Waals surface area (Å²) in [5, 5.41) is 0. The lowest BCUT2D eigenvalue weighted by atomic mass is 10.1. The average Bonchev–Trinajstić information content (AvgIpc) is 2.52. The molecule has 0 N–H and O–H groups in total. The van der Waals surface area contributed by atoms with Gasteiger partial charge in [-0.25, -0.2) is 9.13 Å². The molecule has 0 aromatic carbocycles. The van der Waals surface area contributed by atoms with Crippen molar-refractivity contribution in [2.45, 2.75) is 71.8 Å². The first-order valence-electron chi connectivity index (χ1n) is 7.26. The highest BCUT2D eigenvalue weighted by Crippen LogP contribution is 2.15. The zero-order valence-corrected chi connectivity index (χ0v) is 11.8. The van der Waals surface area contributed by atoms with E-state index < -0.39 is 0 Å². The SMILES string of the molecule is Cc1c2[n+](c(C)n1C)CCCCCCCCC2. The van der Waals surface area contributed by atoms with Crippen molar-refractivity contribution in [2.24, 2.45) is 7.05 Å². The quantitative estimate of drug-likeness (QED) is 0.611. The molecule has 0 spiro atoms. The first-order chi connectivity index (χ1) is 8.22. The van der Waals surface area contributed by atoms with Crippen LogP contribution in [0.3, 0.4) is 0 Å². The van der Waals surface area contributed by atoms with Gasteiger partial charge in [-0.3, -0.25) is 0 Å². The van der Waals surface area contributed by atoms with E-state index in [0.29, 0.717) is 0 Å². The second kappa shape index (κ2) is 5.70. The van der Waals surface area contributed by atoms with Crippen molar-refractivity contribution in [3.05, 3.63) is 17.2 Å². The number of hydrogen-bond donors (Lipinski definition) is 0. The summed E-state index contributed by atoms with van der Waals surface area (Å²) in [7, 11) is 2.20. The van der Waals surface area contributed by atoms with Crippen molar-refractivity contribution in [3.63, 3.8) is 0 Å². The molecule has 0 aliphatic carbocycles. The Balaban J connectivity index is 2.24. The third-order valence-corrected chi connectivity index (χ3v) is 4.42. The van der Waals surface area contributed by atoms with Crippen molar-refractivity contribution in [3.8, 4) is 0 Å². The second-order valence-electron chi connectivity index (χ2n) is 5.51. The molecule has 0 saturated carbocycles. The van der Waals surface area contributed by atoms with E-state index >= 15 is 0 Å². The van der Waals surface area contributed by atoms with E-state index in [4.69, 9.17) is 0 Å². The highest BCUT2D eigenvalue weighted by molar-refractivity contribution is 5.08. The average molecular weight is 235 g/mol. The van der Waals surface area contributed by atoms with Gasteiger partial charge in [0.1, 0.15) is 11.4 Å². The predicted octanol–water partition coefficient (Wildman–Crippen LogP) is 3.22. The molecule has 96 valence electrons. The molecule has 1 aromatic heterocycles. The molecule has 1 aliphatic rings. The van der Waals surface area contributed by atoms with Gasteiger partial charge < -0.3 is 0 Å². The molecular formula is C15H27N2+. The summed E-state index contributed by atoms with van der Waals surface area (Å²) in [5.41, 5.74) is 3.06. The van der Waals surface area contributed by atoms with Gasteiger partial charge in [0.25, 0.3) is 5.82 Å². The molecule has 0 fully saturated rings. The minimum absolute atomic E-state index is 1.23. The van der Waals surface area contributed by atoms with E-state index in [0.717, 1.165) is 0 Å². The molecule has 0 amide bonds. The van der Waals surface area contributed by atoms with Gasteiger partial charge in [0.2, 0.25) is 0 Å². The third-order valence-electron chi connectivity index (χ3n) is 4.42. The first kappa shape index (κ1) is 12.7. The largest absolute Gasteiger partial charge is 0.253 e. The summed E-state index contributed by atoms with van der Waals surface area (Å²) in [5.74, 6) is 1.43. The standard InChI is InChI=1S/C15H27N2/c1-13-15-11-9-7-5-4-6-8-10-12-17(15)14(2)16(13)3/h4-12H2,1-3H3/q+1. The van der Waals surface area contributed by atoms with Gasteiger partial charge in [-0.1, -0.05) is 25.7 Å². The van der Waals surface area contributed by atoms with Crippen LogP contribution in [-0.4, -0.2) is 4.57 Å². The van der Waals surface area contributed by atoms with E-state index in [1.54, 1.807) is 5.69 Å². The summed E-state index contributed by atoms with van der Waals surface area (Å²) >= 11 is 0. The zero-order chi connectivity index (χ0) is 12.3. The van der Waals surface area contributed by atoms with Gasteiger partial charge in [0.15, 0.2) is 0 Å². The van der Waals surface area contributed by atoms with Crippen LogP contribution in [0.2, 0.25) is 0 Å². The van der Waals surface area contributed by atoms with Crippen LogP contribution in [0, 0.1) is 13.8 Å². The van der Waals surface area contributed by atoms with Crippen molar-refractivity contribution < 1.29 is 4.57 Å². The van der Waals surface area contributed by atoms with E-state index in [-0.39, 0.29) is 0 Å². The van der Waals surface area contributed by atoms with Crippen molar-refractivity contribution >= 4 is 0 Å². The van der Waals surface area contributed by atoms with Gasteiger partial charge in [-0.15, -0.1) is 0 Å². The van der Waals surface area contributed by atoms with Gasteiger partial charge >= 0.3 is 0 Å². The number of imidazole rings is 1. The summed E-state index contributed by atoms with van der Waals surface area (Å²) in [6.07, 6.45) is 11.1. The number of fused-ring (bicyclic) bond motifs is 1. The Bertz CT molecular complexity index is 343. The smallest absolute Gasteiger partial charge is 0.234 e. The maximum atomic E-state index is 2.57. The number of nitrogens with zero attached hydrogens (tertiary/aromatic N) is 2. The topological polar surface area (TPSA) is 8.81 Å². The Kier molecular flexibility index (Phi) is 4.25. The molecule has 17 heavy (non-hydrogen) atoms. The lowest BCUT2D eigenvalue weighted by Crippen LogP contribution is -2.39. The van der Waals surface area contributed by atoms with Crippen LogP contribution in [-0.2, 0) is 20.0 Å². The zero-order valence-electron chi connectivity index (χ0n) is 11.8. The number of hydrogen-bond acceptors (Lipinski definition) is 0. The summed E-state index contributed by atoms with van der Waals surface area (Å²) in [6, 6.07) is 0. The Labute approximate surface area is 106 Å². The first-order valence-corrected chi connectivity index (χ1v) is 7.26. The molecule has 2 nitrogen and oxygen atoms in total. The van der Waals surface area contributed by atoms with Crippen LogP contribution < -0.4 is 4.57 Å². The summed E-state index contributed by atoms with van der Waals surface area (Å²) in [6.45, 7) is 5.76. The Hall–Kier alpha value is -0.790. The third kappa shape index (κ3) is 2.72. The van der Waals surface area contributed by atoms with E-state index in [2.05, 4.69) is 30.0 Å². The molecule has 2 heterocycles. The van der Waals surface area contributed by atoms with Crippen LogP contribution >= 0.6 is 0 Å². The van der Waals surface area contributed by atoms with Crippen molar-refractivity contribution in [1.82, 2.24) is 4.57 Å². The van der Waals surface area contributed by atoms with Crippen molar-refractivity contribution in [2.75, 3.05) is 0 Å². The van der Waals surface area contributed by atoms with E-state index in [1.807, 2.05) is 0 Å². The fourth-order valence-electron chi connectivity index (χ4n) is 3.07. The normalized spacial score (nSPS) is 18.5. The lowest BCUT2D eigenvalue weighted by Gasteiger charge is -2.02. The molecule has 1 aliphatic heterocycles. The molecule has 0 saturated heterocycles. The van der Waals surface area contributed by atoms with Crippen LogP contribution in [0.25, 0.3) is 0 Å². The maximum absolute atomic E-state index is 2.57. The molecule has 0 atom stereocenters. The Morgan fingerprint density at radius 1 is 0.882 bits per heavy atom. The van der Waals surface area contributed by atoms with Crippen LogP contribution in [0.1, 0.15) is 62.2 Å². The van der Waals surface area contributed by atoms with Gasteiger partial charge in [-0.05, 0) is 19.3 Å². The maximum Gasteiger partial charge on any atom is 0.253 e. The monoisotopic (exact) mass is 235 g/mol. The second-order valence-corrected chi connectivity index (χ2v) is 5.51. The van der Waals surface area contributed by atoms with Crippen LogP contribution in [0.4, 0.5) is 0 Å². The molecule has 2 rings (SSSR count). The summed E-state index contributed by atoms with van der Waals surface area (Å²) in [4.78, 5) is 0. The molecule has 1 aromatic rings. The van der Waals surface area contributed by atoms with E-state index in [9.17, 15) is 0 Å². The summed E-state index contributed by atoms with van der Waals surface area (Å²) < 4.78 is 4.93. The predicted molar refractivity (Wildman–Crippen MR) is 71.1 cm³/mol. The fourth-order valence-corrected chi connectivity index (χ4v) is 3.07. The van der Waals surface area contributed by atoms with Crippen molar-refractivity contribution in [1.29, 1.82) is 0 Å². The Morgan fingerprint density at radius 2 is 1.47 bits per heavy atom. The molecule has 0 radical (unpaired) electrons. The molecule has 0 unspecified atom stereocenters. The van der Waals surface area contributed by atoms with Gasteiger partial charge in [-0.2, -0.15) is 0 Å². The number of rotatable bonds is 0. The lowest BCUT2D eigenvalue weighted by molar-refractivity contribution is -0.709. The highest BCUT2D eigenvalue weighted by Gasteiger charge is 2.22. The minimum atomic E-state index is 1.23. The van der Waals surface area contributed by atoms with Gasteiger partial charge in [0, 0.05) is 20.3 Å².